The van der Waals surface area contributed by atoms with Gasteiger partial charge in [-0.25, -0.2) is 0 Å². The number of nitrogens with zero attached hydrogens (tertiary/aromatic N) is 1. The van der Waals surface area contributed by atoms with E-state index in [2.05, 4.69) is 5.32 Å². The molecule has 3 aromatic carbocycles. The lowest BCUT2D eigenvalue weighted by Gasteiger charge is -2.12. The summed E-state index contributed by atoms with van der Waals surface area (Å²) in [5.74, 6) is -2.42. The molecule has 27 heavy (non-hydrogen) atoms. The Morgan fingerprint density at radius 2 is 1.74 bits per heavy atom. The van der Waals surface area contributed by atoms with Gasteiger partial charge in [0.05, 0.1) is 6.07 Å². The Hall–Kier alpha value is -3.45. The summed E-state index contributed by atoms with van der Waals surface area (Å²) < 4.78 is 0. The number of nitriles is 1. The van der Waals surface area contributed by atoms with Crippen molar-refractivity contribution in [3.8, 4) is 6.07 Å². The molecule has 132 valence electrons. The molecule has 0 aromatic heterocycles. The first-order chi connectivity index (χ1) is 13.2. The lowest BCUT2D eigenvalue weighted by molar-refractivity contribution is -0.117. The second-order valence-corrected chi connectivity index (χ2v) is 6.78. The largest absolute Gasteiger partial charge is 0.324 e. The average Bonchev–Trinajstić information content (AvgIpc) is 3.16. The Bertz CT molecular complexity index is 1090. The number of anilines is 1. The van der Waals surface area contributed by atoms with Crippen LogP contribution in [-0.2, 0) is 17.6 Å². The van der Waals surface area contributed by atoms with E-state index < -0.39 is 17.6 Å². The fraction of sp³-hybridized carbons (Fsp3) is 0.174. The molecule has 0 radical (unpaired) electrons. The Labute approximate surface area is 157 Å². The van der Waals surface area contributed by atoms with Crippen LogP contribution < -0.4 is 5.32 Å². The highest BCUT2D eigenvalue weighted by Crippen LogP contribution is 2.26. The minimum Gasteiger partial charge on any atom is -0.324 e. The maximum absolute atomic E-state index is 12.8. The summed E-state index contributed by atoms with van der Waals surface area (Å²) in [4.78, 5) is 25.5. The molecule has 0 spiro atoms. The van der Waals surface area contributed by atoms with Gasteiger partial charge in [-0.2, -0.15) is 5.26 Å². The molecule has 1 N–H and O–H groups in total. The van der Waals surface area contributed by atoms with E-state index in [1.54, 1.807) is 12.1 Å². The smallest absolute Gasteiger partial charge is 0.249 e. The van der Waals surface area contributed by atoms with Crippen molar-refractivity contribution in [3.63, 3.8) is 0 Å². The molecule has 0 heterocycles. The van der Waals surface area contributed by atoms with E-state index in [1.165, 1.54) is 5.56 Å². The van der Waals surface area contributed by atoms with Crippen LogP contribution in [0.5, 0.6) is 0 Å². The topological polar surface area (TPSA) is 70.0 Å². The van der Waals surface area contributed by atoms with Crippen molar-refractivity contribution in [1.29, 1.82) is 5.26 Å². The summed E-state index contributed by atoms with van der Waals surface area (Å²) in [5, 5.41) is 14.1. The first-order valence-corrected chi connectivity index (χ1v) is 9.01. The van der Waals surface area contributed by atoms with Crippen LogP contribution in [0.25, 0.3) is 10.8 Å². The van der Waals surface area contributed by atoms with Gasteiger partial charge in [0, 0.05) is 16.6 Å². The van der Waals surface area contributed by atoms with E-state index >= 15 is 0 Å². The van der Waals surface area contributed by atoms with Gasteiger partial charge in [0.15, 0.2) is 11.7 Å². The highest BCUT2D eigenvalue weighted by Gasteiger charge is 2.28. The van der Waals surface area contributed by atoms with E-state index in [9.17, 15) is 14.9 Å². The molecule has 1 amide bonds. The van der Waals surface area contributed by atoms with Crippen LogP contribution in [0.4, 0.5) is 5.69 Å². The van der Waals surface area contributed by atoms with Crippen LogP contribution in [0.15, 0.2) is 60.7 Å². The zero-order chi connectivity index (χ0) is 18.8. The summed E-state index contributed by atoms with van der Waals surface area (Å²) in [5.41, 5.74) is 3.42. The quantitative estimate of drug-likeness (QED) is 0.561. The van der Waals surface area contributed by atoms with Crippen molar-refractivity contribution in [2.24, 2.45) is 5.92 Å². The molecule has 0 saturated carbocycles. The van der Waals surface area contributed by atoms with Gasteiger partial charge in [-0.15, -0.1) is 0 Å². The lowest BCUT2D eigenvalue weighted by atomic mass is 9.95. The first kappa shape index (κ1) is 17.0. The fourth-order valence-electron chi connectivity index (χ4n) is 3.67. The molecule has 0 bridgehead atoms. The third kappa shape index (κ3) is 3.20. The standard InChI is InChI=1S/C23H18N2O2/c24-14-20(22(26)18-12-11-15-6-3-8-17(15)13-18)23(27)25-21-10-4-7-16-5-1-2-9-19(16)21/h1-2,4-5,7,9-13,20H,3,6,8H2,(H,25,27). The molecular formula is C23H18N2O2. The zero-order valence-electron chi connectivity index (χ0n) is 14.7. The van der Waals surface area contributed by atoms with Crippen LogP contribution in [0.1, 0.15) is 27.9 Å². The van der Waals surface area contributed by atoms with Crippen molar-refractivity contribution >= 4 is 28.2 Å². The number of nitrogens with one attached hydrogen (secondary N) is 1. The number of rotatable bonds is 4. The molecule has 0 saturated heterocycles. The minimum atomic E-state index is -1.37. The molecule has 0 fully saturated rings. The van der Waals surface area contributed by atoms with Gasteiger partial charge in [-0.3, -0.25) is 9.59 Å². The van der Waals surface area contributed by atoms with Crippen molar-refractivity contribution in [2.75, 3.05) is 5.32 Å². The van der Waals surface area contributed by atoms with Crippen molar-refractivity contribution in [1.82, 2.24) is 0 Å². The van der Waals surface area contributed by atoms with Crippen LogP contribution >= 0.6 is 0 Å². The number of ketones is 1. The second-order valence-electron chi connectivity index (χ2n) is 6.78. The minimum absolute atomic E-state index is 0.426. The molecule has 1 aliphatic carbocycles. The third-order valence-corrected chi connectivity index (χ3v) is 5.08. The number of hydrogen-bond acceptors (Lipinski definition) is 3. The van der Waals surface area contributed by atoms with E-state index in [0.717, 1.165) is 35.6 Å². The van der Waals surface area contributed by atoms with Gasteiger partial charge in [-0.05, 0) is 47.9 Å². The summed E-state index contributed by atoms with van der Waals surface area (Å²) in [6.45, 7) is 0. The van der Waals surface area contributed by atoms with Gasteiger partial charge in [-0.1, -0.05) is 48.5 Å². The van der Waals surface area contributed by atoms with Gasteiger partial charge in [0.1, 0.15) is 0 Å². The van der Waals surface area contributed by atoms with Gasteiger partial charge in [0.2, 0.25) is 5.91 Å². The van der Waals surface area contributed by atoms with E-state index in [4.69, 9.17) is 0 Å². The molecule has 4 heteroatoms. The molecular weight excluding hydrogens is 336 g/mol. The summed E-state index contributed by atoms with van der Waals surface area (Å²) >= 11 is 0. The third-order valence-electron chi connectivity index (χ3n) is 5.08. The number of benzene rings is 3. The summed E-state index contributed by atoms with van der Waals surface area (Å²) in [6.07, 6.45) is 3.04. The molecule has 4 rings (SSSR count). The number of carbonyl (C=O) groups excluding carboxylic acids is 2. The summed E-state index contributed by atoms with van der Waals surface area (Å²) in [7, 11) is 0. The number of hydrogen-bond donors (Lipinski definition) is 1. The molecule has 4 nitrogen and oxygen atoms in total. The highest BCUT2D eigenvalue weighted by atomic mass is 16.2. The molecule has 0 aliphatic heterocycles. The monoisotopic (exact) mass is 354 g/mol. The Morgan fingerprint density at radius 1 is 0.963 bits per heavy atom. The van der Waals surface area contributed by atoms with Crippen molar-refractivity contribution < 1.29 is 9.59 Å². The fourth-order valence-corrected chi connectivity index (χ4v) is 3.67. The van der Waals surface area contributed by atoms with E-state index in [1.807, 2.05) is 54.6 Å². The van der Waals surface area contributed by atoms with Gasteiger partial charge >= 0.3 is 0 Å². The maximum Gasteiger partial charge on any atom is 0.249 e. The van der Waals surface area contributed by atoms with Crippen LogP contribution in [0.2, 0.25) is 0 Å². The van der Waals surface area contributed by atoms with Crippen LogP contribution in [0, 0.1) is 17.2 Å². The van der Waals surface area contributed by atoms with E-state index in [-0.39, 0.29) is 0 Å². The Balaban J connectivity index is 1.59. The van der Waals surface area contributed by atoms with Gasteiger partial charge < -0.3 is 5.32 Å². The highest BCUT2D eigenvalue weighted by molar-refractivity contribution is 6.17. The number of amides is 1. The van der Waals surface area contributed by atoms with Crippen molar-refractivity contribution in [3.05, 3.63) is 77.4 Å². The Kier molecular flexibility index (Phi) is 4.43. The average molecular weight is 354 g/mol. The maximum atomic E-state index is 12.8. The number of fused-ring (bicyclic) bond motifs is 2. The molecule has 1 unspecified atom stereocenters. The molecule has 1 atom stereocenters. The Morgan fingerprint density at radius 3 is 2.59 bits per heavy atom. The van der Waals surface area contributed by atoms with Crippen LogP contribution in [-0.4, -0.2) is 11.7 Å². The number of Topliss-reactive ketones (excluding diaryl/α,β-unsaturated/α-hetero) is 1. The summed E-state index contributed by atoms with van der Waals surface area (Å²) in [6, 6.07) is 20.6. The normalized spacial score (nSPS) is 13.6. The number of carbonyl (C=O) groups is 2. The van der Waals surface area contributed by atoms with Gasteiger partial charge in [0.25, 0.3) is 0 Å². The molecule has 1 aliphatic rings. The zero-order valence-corrected chi connectivity index (χ0v) is 14.7. The first-order valence-electron chi connectivity index (χ1n) is 9.01. The number of aryl methyl sites for hydroxylation is 2. The molecule has 3 aromatic rings. The second kappa shape index (κ2) is 7.05. The lowest BCUT2D eigenvalue weighted by Crippen LogP contribution is -2.28. The predicted octanol–water partition coefficient (Wildman–Crippen LogP) is 4.29. The predicted molar refractivity (Wildman–Crippen MR) is 104 cm³/mol. The van der Waals surface area contributed by atoms with Crippen molar-refractivity contribution in [2.45, 2.75) is 19.3 Å². The van der Waals surface area contributed by atoms with E-state index in [0.29, 0.717) is 11.3 Å². The van der Waals surface area contributed by atoms with Crippen LogP contribution in [0.3, 0.4) is 0 Å². The SMILES string of the molecule is N#CC(C(=O)Nc1cccc2ccccc12)C(=O)c1ccc2c(c1)CCC2.